The molecule has 2 nitrogen and oxygen atoms in total. The number of hydrogen-bond donors (Lipinski definition) is 0. The van der Waals surface area contributed by atoms with E-state index in [0.29, 0.717) is 0 Å². The number of rotatable bonds is 7. The summed E-state index contributed by atoms with van der Waals surface area (Å²) >= 11 is 0. The largest absolute Gasteiger partial charge is 0.316 e. The van der Waals surface area contributed by atoms with E-state index in [1.807, 2.05) is 0 Å². The van der Waals surface area contributed by atoms with E-state index in [9.17, 15) is 0 Å². The van der Waals surface area contributed by atoms with Gasteiger partial charge in [-0.2, -0.15) is 0 Å². The molecule has 0 saturated heterocycles. The maximum absolute atomic E-state index is 4.49. The van der Waals surface area contributed by atoms with Gasteiger partial charge in [0.1, 0.15) is 0 Å². The summed E-state index contributed by atoms with van der Waals surface area (Å²) < 4.78 is 2.50. The molecule has 9 aromatic carbocycles. The Morgan fingerprint density at radius 3 is 1.45 bits per heavy atom. The Bertz CT molecular complexity index is 3310. The Morgan fingerprint density at radius 2 is 0.839 bits per heavy atom. The predicted octanol–water partition coefficient (Wildman–Crippen LogP) is 16.2. The zero-order valence-electron chi connectivity index (χ0n) is 34.2. The van der Waals surface area contributed by atoms with E-state index in [1.165, 1.54) is 60.8 Å². The summed E-state index contributed by atoms with van der Waals surface area (Å²) in [5, 5.41) is 2.44. The number of para-hydroxylation sites is 3. The first-order chi connectivity index (χ1) is 30.7. The monoisotopic (exact) mass is 790 g/mol. The van der Waals surface area contributed by atoms with E-state index >= 15 is 0 Å². The summed E-state index contributed by atoms with van der Waals surface area (Å²) in [4.78, 5) is 2.28. The van der Waals surface area contributed by atoms with Gasteiger partial charge in [0.15, 0.2) is 0 Å². The van der Waals surface area contributed by atoms with Crippen molar-refractivity contribution in [2.24, 2.45) is 0 Å². The zero-order valence-corrected chi connectivity index (χ0v) is 34.2. The Balaban J connectivity index is 1.22. The first-order valence-electron chi connectivity index (χ1n) is 21.2. The fourth-order valence-electron chi connectivity index (χ4n) is 9.32. The second-order valence-corrected chi connectivity index (χ2v) is 15.8. The van der Waals surface area contributed by atoms with E-state index in [0.717, 1.165) is 44.9 Å². The number of aromatic nitrogens is 1. The van der Waals surface area contributed by atoms with Gasteiger partial charge in [0.25, 0.3) is 0 Å². The lowest BCUT2D eigenvalue weighted by Gasteiger charge is -2.26. The summed E-state index contributed by atoms with van der Waals surface area (Å²) in [6.45, 7) is 4.49. The molecule has 10 aromatic rings. The first-order valence-corrected chi connectivity index (χ1v) is 21.2. The number of fused-ring (bicyclic) bond motifs is 4. The number of benzene rings is 9. The van der Waals surface area contributed by atoms with Crippen molar-refractivity contribution in [3.8, 4) is 50.2 Å². The van der Waals surface area contributed by atoms with Crippen LogP contribution >= 0.6 is 0 Å². The van der Waals surface area contributed by atoms with Crippen molar-refractivity contribution in [2.75, 3.05) is 4.90 Å². The molecule has 0 saturated carbocycles. The van der Waals surface area contributed by atoms with Crippen LogP contribution in [0.15, 0.2) is 249 Å². The molecule has 2 heterocycles. The molecule has 0 fully saturated rings. The first kappa shape index (κ1) is 36.8. The lowest BCUT2D eigenvalue weighted by molar-refractivity contribution is 1.18. The van der Waals surface area contributed by atoms with E-state index in [-0.39, 0.29) is 0 Å². The van der Waals surface area contributed by atoms with Gasteiger partial charge in [-0.1, -0.05) is 207 Å². The fourth-order valence-corrected chi connectivity index (χ4v) is 9.32. The molecule has 0 aliphatic carbocycles. The molecular weight excluding hydrogens is 749 g/mol. The molecule has 0 radical (unpaired) electrons. The molecule has 0 bridgehead atoms. The number of anilines is 2. The summed E-state index contributed by atoms with van der Waals surface area (Å²) in [6.07, 6.45) is 6.59. The molecule has 0 amide bonds. The number of nitrogens with zero attached hydrogens (tertiary/aromatic N) is 2. The van der Waals surface area contributed by atoms with Crippen molar-refractivity contribution in [3.05, 3.63) is 261 Å². The Kier molecular flexibility index (Phi) is 9.37. The van der Waals surface area contributed by atoms with Crippen molar-refractivity contribution < 1.29 is 0 Å². The maximum atomic E-state index is 4.49. The van der Waals surface area contributed by atoms with Gasteiger partial charge < -0.3 is 9.47 Å². The van der Waals surface area contributed by atoms with Gasteiger partial charge in [0.05, 0.1) is 16.7 Å². The molecular formula is C60H42N2. The van der Waals surface area contributed by atoms with Crippen LogP contribution in [-0.4, -0.2) is 4.57 Å². The van der Waals surface area contributed by atoms with E-state index < -0.39 is 0 Å². The second-order valence-electron chi connectivity index (χ2n) is 15.8. The molecule has 1 aliphatic rings. The maximum Gasteiger partial charge on any atom is 0.0632 e. The molecule has 11 rings (SSSR count). The second kappa shape index (κ2) is 15.8. The summed E-state index contributed by atoms with van der Waals surface area (Å²) in [5.41, 5.74) is 19.5. The Hall–Kier alpha value is -8.20. The Morgan fingerprint density at radius 1 is 0.355 bits per heavy atom. The van der Waals surface area contributed by atoms with Crippen LogP contribution in [0.1, 0.15) is 11.1 Å². The highest BCUT2D eigenvalue weighted by atomic mass is 15.1. The Labute approximate surface area is 362 Å². The SMILES string of the molecule is C=C1/C=C\C(c2ccc(-n3c4ccccc4c4c(-c5ccccc5)c(-c5ccccc5)c(-c5ccccc5)c(-c5ccccc5)c43)cc2)=C/N(c2ccccc2)c2ccccc21. The van der Waals surface area contributed by atoms with E-state index in [4.69, 9.17) is 0 Å². The van der Waals surface area contributed by atoms with E-state index in [2.05, 4.69) is 259 Å². The molecule has 62 heavy (non-hydrogen) atoms. The van der Waals surface area contributed by atoms with E-state index in [1.54, 1.807) is 0 Å². The van der Waals surface area contributed by atoms with Crippen molar-refractivity contribution in [1.82, 2.24) is 4.57 Å². The van der Waals surface area contributed by atoms with Crippen molar-refractivity contribution in [3.63, 3.8) is 0 Å². The van der Waals surface area contributed by atoms with Crippen LogP contribution in [0.4, 0.5) is 11.4 Å². The summed E-state index contributed by atoms with van der Waals surface area (Å²) in [6, 6.07) is 80.9. The van der Waals surface area contributed by atoms with Crippen LogP contribution in [-0.2, 0) is 0 Å². The van der Waals surface area contributed by atoms with Gasteiger partial charge in [-0.3, -0.25) is 0 Å². The van der Waals surface area contributed by atoms with Gasteiger partial charge in [0, 0.05) is 50.6 Å². The van der Waals surface area contributed by atoms with Crippen molar-refractivity contribution in [2.45, 2.75) is 0 Å². The average molecular weight is 791 g/mol. The molecule has 0 N–H and O–H groups in total. The lowest BCUT2D eigenvalue weighted by atomic mass is 9.80. The minimum absolute atomic E-state index is 0.973. The molecule has 1 aliphatic heterocycles. The highest BCUT2D eigenvalue weighted by Gasteiger charge is 2.29. The van der Waals surface area contributed by atoms with Crippen LogP contribution in [0.5, 0.6) is 0 Å². The van der Waals surface area contributed by atoms with Gasteiger partial charge in [-0.25, -0.2) is 0 Å². The quantitative estimate of drug-likeness (QED) is 0.156. The smallest absolute Gasteiger partial charge is 0.0632 e. The fraction of sp³-hybridized carbons (Fsp3) is 0. The van der Waals surface area contributed by atoms with Gasteiger partial charge in [0.2, 0.25) is 0 Å². The average Bonchev–Trinajstić information content (AvgIpc) is 3.69. The van der Waals surface area contributed by atoms with Crippen LogP contribution in [0.3, 0.4) is 0 Å². The number of hydrogen-bond acceptors (Lipinski definition) is 1. The normalized spacial score (nSPS) is 13.9. The van der Waals surface area contributed by atoms with Crippen LogP contribution in [0.25, 0.3) is 83.1 Å². The van der Waals surface area contributed by atoms with Gasteiger partial charge in [-0.15, -0.1) is 0 Å². The summed E-state index contributed by atoms with van der Waals surface area (Å²) in [5.74, 6) is 0. The highest BCUT2D eigenvalue weighted by Crippen LogP contribution is 2.54. The third-order valence-electron chi connectivity index (χ3n) is 12.1. The number of allylic oxidation sites excluding steroid dienone is 4. The van der Waals surface area contributed by atoms with Gasteiger partial charge in [-0.05, 0) is 80.9 Å². The molecule has 292 valence electrons. The highest BCUT2D eigenvalue weighted by molar-refractivity contribution is 6.26. The molecule has 2 heteroatoms. The third-order valence-corrected chi connectivity index (χ3v) is 12.1. The minimum atomic E-state index is 0.973. The lowest BCUT2D eigenvalue weighted by Crippen LogP contribution is -2.12. The van der Waals surface area contributed by atoms with Crippen LogP contribution in [0, 0.1) is 0 Å². The molecule has 1 aromatic heterocycles. The third kappa shape index (κ3) is 6.38. The standard InChI is InChI=1S/C60H42N2/c1-42-35-36-48(41-61(49-29-15-6-16-30-49)53-33-19-17-31-51(42)53)43-37-39-50(40-38-43)62-54-34-20-18-32-52(54)59-57(46-25-11-4-12-26-46)55(44-21-7-2-8-22-44)56(45-23-9-3-10-24-45)58(60(59)62)47-27-13-5-14-28-47/h2-41H,1H2/b36-35-,48-41+. The molecule has 0 unspecified atom stereocenters. The predicted molar refractivity (Wildman–Crippen MR) is 264 cm³/mol. The van der Waals surface area contributed by atoms with Crippen molar-refractivity contribution in [1.29, 1.82) is 0 Å². The molecule has 0 atom stereocenters. The van der Waals surface area contributed by atoms with Gasteiger partial charge >= 0.3 is 0 Å². The van der Waals surface area contributed by atoms with Crippen molar-refractivity contribution >= 4 is 44.3 Å². The molecule has 0 spiro atoms. The minimum Gasteiger partial charge on any atom is -0.316 e. The topological polar surface area (TPSA) is 8.17 Å². The zero-order chi connectivity index (χ0) is 41.4. The van der Waals surface area contributed by atoms with Crippen LogP contribution < -0.4 is 4.90 Å². The van der Waals surface area contributed by atoms with Crippen LogP contribution in [0.2, 0.25) is 0 Å². The summed E-state index contributed by atoms with van der Waals surface area (Å²) in [7, 11) is 0.